The van der Waals surface area contributed by atoms with Crippen LogP contribution in [0.15, 0.2) is 11.4 Å². The van der Waals surface area contributed by atoms with Gasteiger partial charge in [0.2, 0.25) is 0 Å². The number of rotatable bonds is 6. The van der Waals surface area contributed by atoms with Gasteiger partial charge in [0.05, 0.1) is 11.4 Å². The number of halogens is 3. The fourth-order valence-electron chi connectivity index (χ4n) is 1.38. The second-order valence-electron chi connectivity index (χ2n) is 3.76. The van der Waals surface area contributed by atoms with E-state index in [0.717, 1.165) is 11.8 Å². The zero-order valence-corrected chi connectivity index (χ0v) is 10.5. The van der Waals surface area contributed by atoms with Crippen LogP contribution in [0.1, 0.15) is 18.5 Å². The van der Waals surface area contributed by atoms with Gasteiger partial charge >= 0.3 is 12.1 Å². The normalized spacial score (nSPS) is 11.8. The molecule has 0 fully saturated rings. The van der Waals surface area contributed by atoms with Crippen molar-refractivity contribution in [3.8, 4) is 0 Å². The number of nitrogens with zero attached hydrogens (tertiary/aromatic N) is 2. The van der Waals surface area contributed by atoms with Crippen LogP contribution in [0, 0.1) is 6.92 Å². The minimum atomic E-state index is -4.16. The fraction of sp³-hybridized carbons (Fsp3) is 0.600. The van der Waals surface area contributed by atoms with Gasteiger partial charge in [0.25, 0.3) is 0 Å². The summed E-state index contributed by atoms with van der Waals surface area (Å²) in [7, 11) is 0. The highest BCUT2D eigenvalue weighted by molar-refractivity contribution is 7.99. The van der Waals surface area contributed by atoms with Gasteiger partial charge in [-0.1, -0.05) is 11.8 Å². The Hall–Kier alpha value is -1.18. The van der Waals surface area contributed by atoms with Gasteiger partial charge in [0.1, 0.15) is 0 Å². The first-order valence-corrected chi connectivity index (χ1v) is 6.21. The summed E-state index contributed by atoms with van der Waals surface area (Å²) in [6.45, 7) is 1.90. The Morgan fingerprint density at radius 2 is 2.22 bits per heavy atom. The second kappa shape index (κ2) is 6.12. The van der Waals surface area contributed by atoms with Crippen molar-refractivity contribution in [3.63, 3.8) is 0 Å². The van der Waals surface area contributed by atoms with Crippen molar-refractivity contribution >= 4 is 17.7 Å². The number of hydrogen-bond acceptors (Lipinski definition) is 3. The summed E-state index contributed by atoms with van der Waals surface area (Å²) in [6.07, 6.45) is -3.43. The molecule has 102 valence electrons. The summed E-state index contributed by atoms with van der Waals surface area (Å²) in [5.74, 6) is -1.14. The number of carboxylic acids is 1. The van der Waals surface area contributed by atoms with Gasteiger partial charge in [-0.2, -0.15) is 13.2 Å². The van der Waals surface area contributed by atoms with E-state index in [-0.39, 0.29) is 18.7 Å². The van der Waals surface area contributed by atoms with Crippen LogP contribution in [-0.4, -0.2) is 32.6 Å². The Bertz CT molecular complexity index is 418. The summed E-state index contributed by atoms with van der Waals surface area (Å²) < 4.78 is 37.6. The zero-order chi connectivity index (χ0) is 13.8. The monoisotopic (exact) mass is 282 g/mol. The first-order chi connectivity index (χ1) is 8.28. The van der Waals surface area contributed by atoms with Gasteiger partial charge in [-0.05, 0) is 13.3 Å². The molecule has 1 aromatic heterocycles. The van der Waals surface area contributed by atoms with E-state index in [0.29, 0.717) is 10.9 Å². The third-order valence-corrected chi connectivity index (χ3v) is 3.02. The first-order valence-electron chi connectivity index (χ1n) is 5.23. The quantitative estimate of drug-likeness (QED) is 0.815. The Labute approximate surface area is 106 Å². The number of hydrogen-bond donors (Lipinski definition) is 1. The predicted molar refractivity (Wildman–Crippen MR) is 60.6 cm³/mol. The number of alkyl halides is 3. The molecule has 1 aromatic rings. The van der Waals surface area contributed by atoms with E-state index in [9.17, 15) is 18.0 Å². The van der Waals surface area contributed by atoms with Crippen molar-refractivity contribution in [2.75, 3.05) is 5.75 Å². The highest BCUT2D eigenvalue weighted by Gasteiger charge is 2.26. The lowest BCUT2D eigenvalue weighted by Gasteiger charge is -2.08. The maximum atomic E-state index is 12.0. The smallest absolute Gasteiger partial charge is 0.389 e. The number of carboxylic acid groups (broad SMARTS) is 1. The summed E-state index contributed by atoms with van der Waals surface area (Å²) in [4.78, 5) is 14.5. The van der Waals surface area contributed by atoms with E-state index in [1.165, 1.54) is 0 Å². The van der Waals surface area contributed by atoms with Crippen LogP contribution < -0.4 is 0 Å². The lowest BCUT2D eigenvalue weighted by molar-refractivity contribution is -0.136. The molecule has 0 aromatic carbocycles. The molecular weight excluding hydrogens is 269 g/mol. The largest absolute Gasteiger partial charge is 0.481 e. The topological polar surface area (TPSA) is 55.1 Å². The van der Waals surface area contributed by atoms with Gasteiger partial charge in [-0.25, -0.2) is 4.98 Å². The molecule has 18 heavy (non-hydrogen) atoms. The lowest BCUT2D eigenvalue weighted by Crippen LogP contribution is -2.09. The molecule has 0 radical (unpaired) electrons. The van der Waals surface area contributed by atoms with Crippen LogP contribution in [0.5, 0.6) is 0 Å². The molecule has 4 nitrogen and oxygen atoms in total. The third kappa shape index (κ3) is 5.44. The van der Waals surface area contributed by atoms with E-state index in [2.05, 4.69) is 4.98 Å². The van der Waals surface area contributed by atoms with Crippen LogP contribution in [-0.2, 0) is 11.3 Å². The van der Waals surface area contributed by atoms with Gasteiger partial charge < -0.3 is 9.67 Å². The van der Waals surface area contributed by atoms with Crippen molar-refractivity contribution in [1.82, 2.24) is 9.55 Å². The molecule has 0 saturated carbocycles. The molecule has 0 atom stereocenters. The standard InChI is InChI=1S/C10H13F3N2O2S/c1-7-5-15(4-2-3-10(11,12)13)9(14-7)18-6-8(16)17/h5H,2-4,6H2,1H3,(H,16,17). The van der Waals surface area contributed by atoms with Crippen LogP contribution in [0.3, 0.4) is 0 Å². The van der Waals surface area contributed by atoms with E-state index in [1.54, 1.807) is 17.7 Å². The maximum Gasteiger partial charge on any atom is 0.389 e. The molecule has 0 spiro atoms. The minimum absolute atomic E-state index is 0.0417. The van der Waals surface area contributed by atoms with Crippen LogP contribution in [0.2, 0.25) is 0 Å². The van der Waals surface area contributed by atoms with E-state index < -0.39 is 18.6 Å². The van der Waals surface area contributed by atoms with E-state index in [1.807, 2.05) is 0 Å². The fourth-order valence-corrected chi connectivity index (χ4v) is 2.15. The first kappa shape index (κ1) is 14.9. The average molecular weight is 282 g/mol. The molecule has 1 rings (SSSR count). The molecule has 0 bridgehead atoms. The number of aliphatic carboxylic acids is 1. The van der Waals surface area contributed by atoms with Crippen molar-refractivity contribution in [2.45, 2.75) is 37.6 Å². The lowest BCUT2D eigenvalue weighted by atomic mass is 10.3. The van der Waals surface area contributed by atoms with Crippen molar-refractivity contribution < 1.29 is 23.1 Å². The molecular formula is C10H13F3N2O2S. The SMILES string of the molecule is Cc1cn(CCCC(F)(F)F)c(SCC(=O)O)n1. The molecule has 0 aliphatic rings. The summed E-state index contributed by atoms with van der Waals surface area (Å²) >= 11 is 1.00. The number of carbonyl (C=O) groups is 1. The number of imidazole rings is 1. The molecule has 0 aliphatic carbocycles. The molecule has 0 amide bonds. The average Bonchev–Trinajstić information content (AvgIpc) is 2.54. The molecule has 0 saturated heterocycles. The zero-order valence-electron chi connectivity index (χ0n) is 9.70. The Morgan fingerprint density at radius 3 is 2.78 bits per heavy atom. The molecule has 1 heterocycles. The predicted octanol–water partition coefficient (Wildman–Crippen LogP) is 2.71. The highest BCUT2D eigenvalue weighted by Crippen LogP contribution is 2.23. The van der Waals surface area contributed by atoms with Crippen LogP contribution >= 0.6 is 11.8 Å². The molecule has 0 aliphatic heterocycles. The van der Waals surface area contributed by atoms with Crippen LogP contribution in [0.4, 0.5) is 13.2 Å². The van der Waals surface area contributed by atoms with Gasteiger partial charge in [-0.15, -0.1) is 0 Å². The summed E-state index contributed by atoms with van der Waals surface area (Å²) in [6, 6.07) is 0. The molecule has 8 heteroatoms. The summed E-state index contributed by atoms with van der Waals surface area (Å²) in [5, 5.41) is 8.99. The highest BCUT2D eigenvalue weighted by atomic mass is 32.2. The molecule has 1 N–H and O–H groups in total. The van der Waals surface area contributed by atoms with Gasteiger partial charge in [0.15, 0.2) is 5.16 Å². The van der Waals surface area contributed by atoms with Gasteiger partial charge in [-0.3, -0.25) is 4.79 Å². The van der Waals surface area contributed by atoms with Gasteiger partial charge in [0, 0.05) is 19.2 Å². The Balaban J connectivity index is 2.56. The summed E-state index contributed by atoms with van der Waals surface area (Å²) in [5.41, 5.74) is 0.662. The number of thioether (sulfide) groups is 1. The number of aromatic nitrogens is 2. The maximum absolute atomic E-state index is 12.0. The van der Waals surface area contributed by atoms with E-state index >= 15 is 0 Å². The van der Waals surface area contributed by atoms with E-state index in [4.69, 9.17) is 5.11 Å². The third-order valence-electron chi connectivity index (χ3n) is 2.04. The van der Waals surface area contributed by atoms with Crippen molar-refractivity contribution in [3.05, 3.63) is 11.9 Å². The van der Waals surface area contributed by atoms with Crippen LogP contribution in [0.25, 0.3) is 0 Å². The minimum Gasteiger partial charge on any atom is -0.481 e. The van der Waals surface area contributed by atoms with Crippen molar-refractivity contribution in [1.29, 1.82) is 0 Å². The van der Waals surface area contributed by atoms with Crippen molar-refractivity contribution in [2.24, 2.45) is 0 Å². The molecule has 0 unspecified atom stereocenters. The Kier molecular flexibility index (Phi) is 5.06. The second-order valence-corrected chi connectivity index (χ2v) is 4.70. The number of aryl methyl sites for hydroxylation is 2. The Morgan fingerprint density at radius 1 is 1.56 bits per heavy atom.